The molecule has 0 fully saturated rings. The molecule has 0 saturated carbocycles. The SMILES string of the molecule is CNC(=O)c1cc(C(F)(F)F)ccc1NC(=O)C(C)(C)n1cc(I)cn1. The van der Waals surface area contributed by atoms with Crippen LogP contribution in [0, 0.1) is 3.57 Å². The summed E-state index contributed by atoms with van der Waals surface area (Å²) >= 11 is 2.04. The van der Waals surface area contributed by atoms with Crippen molar-refractivity contribution < 1.29 is 22.8 Å². The number of nitrogens with one attached hydrogen (secondary N) is 2. The number of rotatable bonds is 4. The minimum absolute atomic E-state index is 0.0164. The van der Waals surface area contributed by atoms with E-state index in [9.17, 15) is 22.8 Å². The zero-order valence-electron chi connectivity index (χ0n) is 14.1. The average Bonchev–Trinajstić information content (AvgIpc) is 3.00. The maximum absolute atomic E-state index is 12.9. The van der Waals surface area contributed by atoms with Crippen molar-refractivity contribution in [2.24, 2.45) is 0 Å². The fourth-order valence-corrected chi connectivity index (χ4v) is 2.53. The highest BCUT2D eigenvalue weighted by atomic mass is 127. The maximum Gasteiger partial charge on any atom is 0.416 e. The van der Waals surface area contributed by atoms with Gasteiger partial charge >= 0.3 is 6.18 Å². The zero-order chi connectivity index (χ0) is 19.7. The molecule has 2 amide bonds. The predicted octanol–water partition coefficient (Wildman–Crippen LogP) is 3.24. The van der Waals surface area contributed by atoms with E-state index in [-0.39, 0.29) is 11.3 Å². The van der Waals surface area contributed by atoms with Crippen LogP contribution in [0.5, 0.6) is 0 Å². The number of carbonyl (C=O) groups is 2. The molecule has 0 aliphatic carbocycles. The van der Waals surface area contributed by atoms with Crippen LogP contribution in [0.1, 0.15) is 29.8 Å². The van der Waals surface area contributed by atoms with Crippen LogP contribution in [0.15, 0.2) is 30.6 Å². The Kier molecular flexibility index (Phi) is 5.64. The van der Waals surface area contributed by atoms with E-state index < -0.39 is 29.1 Å². The van der Waals surface area contributed by atoms with Crippen LogP contribution >= 0.6 is 22.6 Å². The second-order valence-corrected chi connectivity index (χ2v) is 7.20. The zero-order valence-corrected chi connectivity index (χ0v) is 16.3. The third kappa shape index (κ3) is 4.17. The molecular weight excluding hydrogens is 464 g/mol. The number of halogens is 4. The summed E-state index contributed by atoms with van der Waals surface area (Å²) in [6.45, 7) is 3.21. The fourth-order valence-electron chi connectivity index (χ4n) is 2.14. The molecule has 140 valence electrons. The predicted molar refractivity (Wildman–Crippen MR) is 97.7 cm³/mol. The molecule has 0 saturated heterocycles. The number of benzene rings is 1. The summed E-state index contributed by atoms with van der Waals surface area (Å²) in [5.41, 5.74) is -2.39. The maximum atomic E-state index is 12.9. The Labute approximate surface area is 161 Å². The van der Waals surface area contributed by atoms with E-state index in [1.165, 1.54) is 11.7 Å². The number of alkyl halides is 3. The third-order valence-corrected chi connectivity index (χ3v) is 4.30. The van der Waals surface area contributed by atoms with Crippen molar-refractivity contribution in [2.45, 2.75) is 25.6 Å². The fraction of sp³-hybridized carbons (Fsp3) is 0.312. The highest BCUT2D eigenvalue weighted by molar-refractivity contribution is 14.1. The van der Waals surface area contributed by atoms with Gasteiger partial charge in [-0.1, -0.05) is 0 Å². The molecule has 2 aromatic rings. The highest BCUT2D eigenvalue weighted by Crippen LogP contribution is 2.32. The van der Waals surface area contributed by atoms with E-state index in [1.54, 1.807) is 26.2 Å². The molecule has 6 nitrogen and oxygen atoms in total. The van der Waals surface area contributed by atoms with Crippen LogP contribution in [0.2, 0.25) is 0 Å². The van der Waals surface area contributed by atoms with E-state index in [1.807, 2.05) is 22.6 Å². The summed E-state index contributed by atoms with van der Waals surface area (Å²) in [5, 5.41) is 8.88. The lowest BCUT2D eigenvalue weighted by Crippen LogP contribution is -2.41. The van der Waals surface area contributed by atoms with Crippen molar-refractivity contribution in [1.82, 2.24) is 15.1 Å². The Morgan fingerprint density at radius 2 is 1.88 bits per heavy atom. The molecule has 1 heterocycles. The van der Waals surface area contributed by atoms with Crippen LogP contribution in [-0.4, -0.2) is 28.6 Å². The Morgan fingerprint density at radius 1 is 1.23 bits per heavy atom. The molecule has 2 rings (SSSR count). The molecule has 2 N–H and O–H groups in total. The van der Waals surface area contributed by atoms with Crippen molar-refractivity contribution in [3.05, 3.63) is 45.3 Å². The summed E-state index contributed by atoms with van der Waals surface area (Å²) in [5.74, 6) is -1.26. The van der Waals surface area contributed by atoms with Gasteiger partial charge in [0.15, 0.2) is 0 Å². The molecule has 0 radical (unpaired) electrons. The monoisotopic (exact) mass is 480 g/mol. The van der Waals surface area contributed by atoms with Crippen molar-refractivity contribution in [3.8, 4) is 0 Å². The number of carbonyl (C=O) groups excluding carboxylic acids is 2. The van der Waals surface area contributed by atoms with Crippen LogP contribution in [0.25, 0.3) is 0 Å². The van der Waals surface area contributed by atoms with Gasteiger partial charge in [-0.25, -0.2) is 0 Å². The molecule has 1 aromatic carbocycles. The lowest BCUT2D eigenvalue weighted by atomic mass is 10.0. The first-order chi connectivity index (χ1) is 12.0. The van der Waals surface area contributed by atoms with Crippen LogP contribution in [0.4, 0.5) is 18.9 Å². The van der Waals surface area contributed by atoms with Gasteiger partial charge in [0, 0.05) is 13.2 Å². The molecular formula is C16H16F3IN4O2. The number of aromatic nitrogens is 2. The van der Waals surface area contributed by atoms with E-state index >= 15 is 0 Å². The molecule has 1 aromatic heterocycles. The topological polar surface area (TPSA) is 76.0 Å². The largest absolute Gasteiger partial charge is 0.416 e. The van der Waals surface area contributed by atoms with Crippen molar-refractivity contribution in [1.29, 1.82) is 0 Å². The minimum Gasteiger partial charge on any atom is -0.355 e. The number of hydrogen-bond donors (Lipinski definition) is 2. The first-order valence-electron chi connectivity index (χ1n) is 7.42. The Hall–Kier alpha value is -2.11. The van der Waals surface area contributed by atoms with Crippen LogP contribution in [-0.2, 0) is 16.5 Å². The van der Waals surface area contributed by atoms with Gasteiger partial charge in [-0.3, -0.25) is 14.3 Å². The number of nitrogens with zero attached hydrogens (tertiary/aromatic N) is 2. The Bertz CT molecular complexity index is 846. The molecule has 0 spiro atoms. The second-order valence-electron chi connectivity index (χ2n) is 5.95. The van der Waals surface area contributed by atoms with E-state index in [0.717, 1.165) is 15.7 Å². The summed E-state index contributed by atoms with van der Waals surface area (Å²) in [6, 6.07) is 2.58. The standard InChI is InChI=1S/C16H16F3IN4O2/c1-15(2,24-8-10(20)7-22-24)14(26)23-12-5-4-9(16(17,18)19)6-11(12)13(25)21-3/h4-8H,1-3H3,(H,21,25)(H,23,26). The van der Waals surface area contributed by atoms with Crippen molar-refractivity contribution in [2.75, 3.05) is 12.4 Å². The molecule has 0 aliphatic heterocycles. The highest BCUT2D eigenvalue weighted by Gasteiger charge is 2.34. The number of hydrogen-bond acceptors (Lipinski definition) is 3. The Morgan fingerprint density at radius 3 is 2.38 bits per heavy atom. The number of anilines is 1. The van der Waals surface area contributed by atoms with Gasteiger partial charge in [0.25, 0.3) is 11.8 Å². The van der Waals surface area contributed by atoms with Gasteiger partial charge < -0.3 is 10.6 Å². The van der Waals surface area contributed by atoms with Gasteiger partial charge in [0.2, 0.25) is 0 Å². The lowest BCUT2D eigenvalue weighted by Gasteiger charge is -2.25. The molecule has 0 bridgehead atoms. The van der Waals surface area contributed by atoms with E-state index in [2.05, 4.69) is 15.7 Å². The third-order valence-electron chi connectivity index (χ3n) is 3.75. The molecule has 0 aliphatic rings. The lowest BCUT2D eigenvalue weighted by molar-refractivity contribution is -0.137. The minimum atomic E-state index is -4.60. The normalized spacial score (nSPS) is 12.0. The quantitative estimate of drug-likeness (QED) is 0.661. The molecule has 0 unspecified atom stereocenters. The second kappa shape index (κ2) is 7.25. The van der Waals surface area contributed by atoms with E-state index in [0.29, 0.717) is 6.07 Å². The van der Waals surface area contributed by atoms with Gasteiger partial charge in [0.1, 0.15) is 5.54 Å². The summed E-state index contributed by atoms with van der Waals surface area (Å²) in [6.07, 6.45) is -1.37. The first kappa shape index (κ1) is 20.2. The average molecular weight is 480 g/mol. The molecule has 10 heteroatoms. The summed E-state index contributed by atoms with van der Waals surface area (Å²) in [4.78, 5) is 24.6. The smallest absolute Gasteiger partial charge is 0.355 e. The Balaban J connectivity index is 2.39. The van der Waals surface area contributed by atoms with Crippen LogP contribution < -0.4 is 10.6 Å². The first-order valence-corrected chi connectivity index (χ1v) is 8.50. The van der Waals surface area contributed by atoms with Crippen molar-refractivity contribution >= 4 is 40.1 Å². The summed E-state index contributed by atoms with van der Waals surface area (Å²) < 4.78 is 41.0. The summed E-state index contributed by atoms with van der Waals surface area (Å²) in [7, 11) is 1.30. The van der Waals surface area contributed by atoms with Gasteiger partial charge in [-0.2, -0.15) is 18.3 Å². The van der Waals surface area contributed by atoms with Gasteiger partial charge in [-0.15, -0.1) is 0 Å². The number of amides is 2. The van der Waals surface area contributed by atoms with Gasteiger partial charge in [0.05, 0.1) is 26.6 Å². The van der Waals surface area contributed by atoms with Crippen molar-refractivity contribution in [3.63, 3.8) is 0 Å². The van der Waals surface area contributed by atoms with Gasteiger partial charge in [-0.05, 0) is 54.6 Å². The molecule has 26 heavy (non-hydrogen) atoms. The van der Waals surface area contributed by atoms with Crippen LogP contribution in [0.3, 0.4) is 0 Å². The molecule has 0 atom stereocenters. The van der Waals surface area contributed by atoms with E-state index in [4.69, 9.17) is 0 Å².